The summed E-state index contributed by atoms with van der Waals surface area (Å²) >= 11 is 3.43. The monoisotopic (exact) mass is 353 g/mol. The molecule has 0 unspecified atom stereocenters. The SMILES string of the molecule is Nc1nccn2c([C@@H]3CCC[C@@H](NC(=O)O)C3)nc(Br)c12. The molecular formula is C13H16BrN5O2. The minimum absolute atomic E-state index is 0.0217. The second-order valence-electron chi connectivity index (χ2n) is 5.30. The maximum Gasteiger partial charge on any atom is 0.404 e. The van der Waals surface area contributed by atoms with Gasteiger partial charge in [-0.15, -0.1) is 0 Å². The fourth-order valence-corrected chi connectivity index (χ4v) is 3.64. The van der Waals surface area contributed by atoms with Crippen LogP contribution in [-0.2, 0) is 0 Å². The molecule has 1 aliphatic rings. The van der Waals surface area contributed by atoms with Crippen molar-refractivity contribution in [3.63, 3.8) is 0 Å². The van der Waals surface area contributed by atoms with Gasteiger partial charge in [0.15, 0.2) is 5.82 Å². The Morgan fingerprint density at radius 1 is 1.52 bits per heavy atom. The Labute approximate surface area is 129 Å². The Morgan fingerprint density at radius 2 is 2.33 bits per heavy atom. The van der Waals surface area contributed by atoms with Crippen molar-refractivity contribution in [1.82, 2.24) is 19.7 Å². The molecule has 1 amide bonds. The zero-order valence-corrected chi connectivity index (χ0v) is 12.9. The molecule has 0 bridgehead atoms. The molecule has 21 heavy (non-hydrogen) atoms. The average molecular weight is 354 g/mol. The van der Waals surface area contributed by atoms with E-state index < -0.39 is 6.09 Å². The molecule has 0 radical (unpaired) electrons. The van der Waals surface area contributed by atoms with Gasteiger partial charge in [-0.1, -0.05) is 6.42 Å². The lowest BCUT2D eigenvalue weighted by Crippen LogP contribution is -2.37. The van der Waals surface area contributed by atoms with Crippen molar-refractivity contribution in [3.05, 3.63) is 22.8 Å². The van der Waals surface area contributed by atoms with Gasteiger partial charge in [0.2, 0.25) is 0 Å². The number of fused-ring (bicyclic) bond motifs is 1. The van der Waals surface area contributed by atoms with Crippen molar-refractivity contribution in [2.24, 2.45) is 0 Å². The lowest BCUT2D eigenvalue weighted by atomic mass is 9.85. The number of amides is 1. The van der Waals surface area contributed by atoms with Gasteiger partial charge in [-0.25, -0.2) is 14.8 Å². The normalized spacial score (nSPS) is 22.3. The summed E-state index contributed by atoms with van der Waals surface area (Å²) in [5, 5.41) is 11.4. The molecule has 3 rings (SSSR count). The van der Waals surface area contributed by atoms with E-state index in [1.807, 2.05) is 10.6 Å². The number of carboxylic acid groups (broad SMARTS) is 1. The number of nitrogens with zero attached hydrogens (tertiary/aromatic N) is 3. The van der Waals surface area contributed by atoms with Crippen LogP contribution in [0.25, 0.3) is 5.52 Å². The highest BCUT2D eigenvalue weighted by Gasteiger charge is 2.28. The minimum atomic E-state index is -0.969. The number of imidazole rings is 1. The van der Waals surface area contributed by atoms with E-state index in [2.05, 4.69) is 31.2 Å². The average Bonchev–Trinajstić information content (AvgIpc) is 2.77. The molecule has 8 heteroatoms. The predicted molar refractivity (Wildman–Crippen MR) is 81.3 cm³/mol. The second-order valence-corrected chi connectivity index (χ2v) is 6.05. The van der Waals surface area contributed by atoms with Gasteiger partial charge < -0.3 is 16.2 Å². The van der Waals surface area contributed by atoms with E-state index in [4.69, 9.17) is 10.8 Å². The largest absolute Gasteiger partial charge is 0.465 e. The van der Waals surface area contributed by atoms with Crippen molar-refractivity contribution in [2.75, 3.05) is 5.73 Å². The standard InChI is InChI=1S/C13H16BrN5O2/c14-10-9-11(15)16-4-5-19(9)12(18-10)7-2-1-3-8(6-7)17-13(20)21/h4-5,7-8,17H,1-3,6H2,(H2,15,16)(H,20,21)/t7-,8-/m1/s1. The van der Waals surface area contributed by atoms with Crippen LogP contribution in [0.4, 0.5) is 10.6 Å². The van der Waals surface area contributed by atoms with Crippen LogP contribution in [0, 0.1) is 0 Å². The van der Waals surface area contributed by atoms with Crippen molar-refractivity contribution >= 4 is 33.4 Å². The van der Waals surface area contributed by atoms with Crippen LogP contribution in [0.2, 0.25) is 0 Å². The number of nitrogens with two attached hydrogens (primary N) is 1. The minimum Gasteiger partial charge on any atom is -0.465 e. The predicted octanol–water partition coefficient (Wildman–Crippen LogP) is 2.37. The molecule has 4 N–H and O–H groups in total. The Kier molecular flexibility index (Phi) is 3.71. The van der Waals surface area contributed by atoms with Gasteiger partial charge in [0.05, 0.1) is 0 Å². The van der Waals surface area contributed by atoms with Crippen LogP contribution in [0.1, 0.15) is 37.4 Å². The van der Waals surface area contributed by atoms with Gasteiger partial charge in [-0.05, 0) is 35.2 Å². The number of hydrogen-bond donors (Lipinski definition) is 3. The number of hydrogen-bond acceptors (Lipinski definition) is 4. The summed E-state index contributed by atoms with van der Waals surface area (Å²) in [4.78, 5) is 19.5. The van der Waals surface area contributed by atoms with Gasteiger partial charge in [-0.2, -0.15) is 0 Å². The molecule has 2 atom stereocenters. The second kappa shape index (κ2) is 5.51. The number of anilines is 1. The summed E-state index contributed by atoms with van der Waals surface area (Å²) in [6, 6.07) is -0.0217. The smallest absolute Gasteiger partial charge is 0.404 e. The van der Waals surface area contributed by atoms with E-state index in [9.17, 15) is 4.79 Å². The molecule has 0 saturated heterocycles. The molecule has 1 saturated carbocycles. The maximum absolute atomic E-state index is 10.8. The third-order valence-corrected chi connectivity index (χ3v) is 4.49. The number of nitrogen functional groups attached to an aromatic ring is 1. The third-order valence-electron chi connectivity index (χ3n) is 3.93. The molecule has 2 aromatic rings. The lowest BCUT2D eigenvalue weighted by Gasteiger charge is -2.28. The van der Waals surface area contributed by atoms with E-state index in [1.165, 1.54) is 0 Å². The molecule has 7 nitrogen and oxygen atoms in total. The van der Waals surface area contributed by atoms with Crippen LogP contribution in [0.15, 0.2) is 17.0 Å². The Bertz CT molecular complexity index is 686. The van der Waals surface area contributed by atoms with Gasteiger partial charge in [0.1, 0.15) is 15.9 Å². The quantitative estimate of drug-likeness (QED) is 0.768. The Morgan fingerprint density at radius 3 is 3.10 bits per heavy atom. The number of halogens is 1. The van der Waals surface area contributed by atoms with Crippen molar-refractivity contribution < 1.29 is 9.90 Å². The summed E-state index contributed by atoms with van der Waals surface area (Å²) in [6.45, 7) is 0. The highest BCUT2D eigenvalue weighted by atomic mass is 79.9. The third kappa shape index (κ3) is 2.67. The zero-order chi connectivity index (χ0) is 15.0. The molecule has 2 aromatic heterocycles. The number of aromatic nitrogens is 3. The summed E-state index contributed by atoms with van der Waals surface area (Å²) in [7, 11) is 0. The zero-order valence-electron chi connectivity index (χ0n) is 11.3. The van der Waals surface area contributed by atoms with Gasteiger partial charge >= 0.3 is 6.09 Å². The van der Waals surface area contributed by atoms with Gasteiger partial charge in [0.25, 0.3) is 0 Å². The summed E-state index contributed by atoms with van der Waals surface area (Å²) in [6.07, 6.45) is 6.11. The topological polar surface area (TPSA) is 106 Å². The Balaban J connectivity index is 1.93. The van der Waals surface area contributed by atoms with E-state index in [-0.39, 0.29) is 12.0 Å². The first-order chi connectivity index (χ1) is 10.1. The van der Waals surface area contributed by atoms with E-state index in [0.29, 0.717) is 10.4 Å². The lowest BCUT2D eigenvalue weighted by molar-refractivity contribution is 0.184. The molecule has 1 aliphatic carbocycles. The van der Waals surface area contributed by atoms with Crippen molar-refractivity contribution in [2.45, 2.75) is 37.6 Å². The van der Waals surface area contributed by atoms with E-state index >= 15 is 0 Å². The van der Waals surface area contributed by atoms with Gasteiger partial charge in [0, 0.05) is 24.4 Å². The molecule has 0 aliphatic heterocycles. The van der Waals surface area contributed by atoms with E-state index in [0.717, 1.165) is 37.0 Å². The molecule has 2 heterocycles. The first-order valence-electron chi connectivity index (χ1n) is 6.83. The molecular weight excluding hydrogens is 338 g/mol. The molecule has 0 aromatic carbocycles. The number of carbonyl (C=O) groups is 1. The highest BCUT2D eigenvalue weighted by Crippen LogP contribution is 2.35. The van der Waals surface area contributed by atoms with E-state index in [1.54, 1.807) is 6.20 Å². The number of rotatable bonds is 2. The van der Waals surface area contributed by atoms with Crippen LogP contribution >= 0.6 is 15.9 Å². The first kappa shape index (κ1) is 14.1. The van der Waals surface area contributed by atoms with Crippen molar-refractivity contribution in [3.8, 4) is 0 Å². The van der Waals surface area contributed by atoms with Crippen molar-refractivity contribution in [1.29, 1.82) is 0 Å². The fraction of sp³-hybridized carbons (Fsp3) is 0.462. The maximum atomic E-state index is 10.8. The summed E-state index contributed by atoms with van der Waals surface area (Å²) in [5.74, 6) is 1.54. The molecule has 0 spiro atoms. The van der Waals surface area contributed by atoms with Crippen LogP contribution in [0.3, 0.4) is 0 Å². The Hall–Kier alpha value is -1.83. The van der Waals surface area contributed by atoms with Crippen LogP contribution in [-0.4, -0.2) is 31.6 Å². The molecule has 112 valence electrons. The van der Waals surface area contributed by atoms with Crippen LogP contribution in [0.5, 0.6) is 0 Å². The van der Waals surface area contributed by atoms with Gasteiger partial charge in [-0.3, -0.25) is 4.40 Å². The summed E-state index contributed by atoms with van der Waals surface area (Å²) < 4.78 is 2.62. The molecule has 1 fully saturated rings. The number of nitrogens with one attached hydrogen (secondary N) is 1. The summed E-state index contributed by atoms with van der Waals surface area (Å²) in [5.41, 5.74) is 6.67. The fourth-order valence-electron chi connectivity index (χ4n) is 3.06. The highest BCUT2D eigenvalue weighted by molar-refractivity contribution is 9.10. The van der Waals surface area contributed by atoms with Crippen LogP contribution < -0.4 is 11.1 Å². The first-order valence-corrected chi connectivity index (χ1v) is 7.63.